The van der Waals surface area contributed by atoms with Crippen molar-refractivity contribution in [2.75, 3.05) is 5.32 Å². The van der Waals surface area contributed by atoms with E-state index in [0.29, 0.717) is 11.0 Å². The first-order valence-corrected chi connectivity index (χ1v) is 6.99. The van der Waals surface area contributed by atoms with Crippen LogP contribution in [0.2, 0.25) is 0 Å². The molecule has 3 aromatic rings. The quantitative estimate of drug-likeness (QED) is 0.773. The largest absolute Gasteiger partial charge is 0.416 e. The number of para-hydroxylation sites is 2. The minimum absolute atomic E-state index is 0.223. The Hall–Kier alpha value is -3.03. The number of benzene rings is 2. The number of halogens is 3. The number of fused-ring (bicyclic) bond motifs is 1. The number of hydrogen-bond donors (Lipinski definition) is 2. The Kier molecular flexibility index (Phi) is 3.88. The molecule has 0 spiro atoms. The number of H-pyrrole nitrogens is 1. The second-order valence-electron chi connectivity index (χ2n) is 5.16. The summed E-state index contributed by atoms with van der Waals surface area (Å²) in [6.07, 6.45) is -4.43. The summed E-state index contributed by atoms with van der Waals surface area (Å²) in [5.41, 5.74) is 0.169. The fourth-order valence-corrected chi connectivity index (χ4v) is 2.35. The van der Waals surface area contributed by atoms with Crippen LogP contribution in [-0.2, 0) is 17.5 Å². The van der Waals surface area contributed by atoms with Gasteiger partial charge in [0.15, 0.2) is 0 Å². The minimum Gasteiger partial charge on any atom is -0.325 e. The van der Waals surface area contributed by atoms with Gasteiger partial charge in [-0.15, -0.1) is 0 Å². The monoisotopic (exact) mass is 335 g/mol. The Morgan fingerprint density at radius 2 is 1.75 bits per heavy atom. The van der Waals surface area contributed by atoms with Crippen LogP contribution in [0.4, 0.5) is 18.9 Å². The van der Waals surface area contributed by atoms with Crippen molar-refractivity contribution in [3.05, 3.63) is 64.6 Å². The van der Waals surface area contributed by atoms with E-state index >= 15 is 0 Å². The Morgan fingerprint density at radius 3 is 2.42 bits per heavy atom. The summed E-state index contributed by atoms with van der Waals surface area (Å²) in [5.74, 6) is -0.512. The molecule has 1 heterocycles. The average Bonchev–Trinajstić information content (AvgIpc) is 2.83. The zero-order valence-corrected chi connectivity index (χ0v) is 12.2. The first-order valence-electron chi connectivity index (χ1n) is 6.99. The number of alkyl halides is 3. The van der Waals surface area contributed by atoms with Crippen LogP contribution in [0.5, 0.6) is 0 Å². The van der Waals surface area contributed by atoms with Gasteiger partial charge in [0.25, 0.3) is 0 Å². The second kappa shape index (κ2) is 5.88. The molecular weight excluding hydrogens is 323 g/mol. The number of nitrogens with zero attached hydrogens (tertiary/aromatic N) is 1. The molecular formula is C16H12F3N3O2. The van der Waals surface area contributed by atoms with Crippen molar-refractivity contribution in [3.8, 4) is 0 Å². The molecule has 2 N–H and O–H groups in total. The summed E-state index contributed by atoms with van der Waals surface area (Å²) < 4.78 is 38.8. The van der Waals surface area contributed by atoms with E-state index in [4.69, 9.17) is 0 Å². The molecule has 0 saturated carbocycles. The number of nitrogens with one attached hydrogen (secondary N) is 2. The van der Waals surface area contributed by atoms with Crippen LogP contribution in [-0.4, -0.2) is 15.5 Å². The van der Waals surface area contributed by atoms with Crippen molar-refractivity contribution in [3.63, 3.8) is 0 Å². The highest BCUT2D eigenvalue weighted by molar-refractivity contribution is 5.91. The van der Waals surface area contributed by atoms with Gasteiger partial charge in [-0.3, -0.25) is 9.36 Å². The summed E-state index contributed by atoms with van der Waals surface area (Å²) in [6.45, 7) is -0.246. The van der Waals surface area contributed by atoms with Crippen molar-refractivity contribution < 1.29 is 18.0 Å². The fraction of sp³-hybridized carbons (Fsp3) is 0.125. The number of imidazole rings is 1. The van der Waals surface area contributed by atoms with Crippen molar-refractivity contribution in [1.29, 1.82) is 0 Å². The summed E-state index contributed by atoms with van der Waals surface area (Å²) >= 11 is 0. The summed E-state index contributed by atoms with van der Waals surface area (Å²) in [6, 6.07) is 11.0. The number of anilines is 1. The lowest BCUT2D eigenvalue weighted by Gasteiger charge is -2.09. The molecule has 1 amide bonds. The van der Waals surface area contributed by atoms with E-state index in [1.54, 1.807) is 24.3 Å². The van der Waals surface area contributed by atoms with Gasteiger partial charge in [-0.2, -0.15) is 13.2 Å². The van der Waals surface area contributed by atoms with E-state index < -0.39 is 23.3 Å². The molecule has 0 radical (unpaired) electrons. The molecule has 2 aromatic carbocycles. The summed E-state index contributed by atoms with van der Waals surface area (Å²) in [7, 11) is 0. The molecule has 0 unspecified atom stereocenters. The molecule has 0 aliphatic carbocycles. The topological polar surface area (TPSA) is 66.9 Å². The maximum Gasteiger partial charge on any atom is 0.416 e. The van der Waals surface area contributed by atoms with Crippen LogP contribution in [0.1, 0.15) is 5.56 Å². The Labute approximate surface area is 133 Å². The van der Waals surface area contributed by atoms with Crippen LogP contribution in [0.25, 0.3) is 11.0 Å². The lowest BCUT2D eigenvalue weighted by atomic mass is 10.2. The van der Waals surface area contributed by atoms with Crippen molar-refractivity contribution in [2.24, 2.45) is 0 Å². The Bertz CT molecular complexity index is 940. The summed E-state index contributed by atoms with van der Waals surface area (Å²) in [4.78, 5) is 26.6. The van der Waals surface area contributed by atoms with Crippen LogP contribution < -0.4 is 11.0 Å². The van der Waals surface area contributed by atoms with Crippen LogP contribution in [0.3, 0.4) is 0 Å². The predicted molar refractivity (Wildman–Crippen MR) is 82.6 cm³/mol. The molecule has 5 nitrogen and oxygen atoms in total. The van der Waals surface area contributed by atoms with E-state index in [1.807, 2.05) is 0 Å². The van der Waals surface area contributed by atoms with Gasteiger partial charge < -0.3 is 10.3 Å². The van der Waals surface area contributed by atoms with Crippen molar-refractivity contribution >= 4 is 22.6 Å². The predicted octanol–water partition coefficient (Wildman–Crippen LogP) is 2.99. The average molecular weight is 335 g/mol. The first kappa shape index (κ1) is 15.9. The van der Waals surface area contributed by atoms with Gasteiger partial charge in [-0.1, -0.05) is 12.1 Å². The van der Waals surface area contributed by atoms with Gasteiger partial charge in [0, 0.05) is 5.69 Å². The molecule has 0 aliphatic heterocycles. The van der Waals surface area contributed by atoms with E-state index in [2.05, 4.69) is 10.3 Å². The van der Waals surface area contributed by atoms with Gasteiger partial charge in [0.1, 0.15) is 6.54 Å². The highest BCUT2D eigenvalue weighted by atomic mass is 19.4. The van der Waals surface area contributed by atoms with Crippen LogP contribution in [0, 0.1) is 0 Å². The molecule has 1 aromatic heterocycles. The number of aromatic nitrogens is 2. The van der Waals surface area contributed by atoms with Crippen LogP contribution in [0.15, 0.2) is 53.3 Å². The molecule has 0 bridgehead atoms. The molecule has 8 heteroatoms. The van der Waals surface area contributed by atoms with Gasteiger partial charge in [-0.25, -0.2) is 4.79 Å². The van der Waals surface area contributed by atoms with Gasteiger partial charge in [-0.05, 0) is 36.4 Å². The molecule has 24 heavy (non-hydrogen) atoms. The molecule has 3 rings (SSSR count). The molecule has 0 aliphatic rings. The molecule has 0 fully saturated rings. The standard InChI is InChI=1S/C16H12F3N3O2/c17-16(18,19)10-5-7-11(8-6-10)20-14(23)9-22-13-4-2-1-3-12(13)21-15(22)24/h1-8H,9H2,(H,20,23)(H,21,24). The highest BCUT2D eigenvalue weighted by Crippen LogP contribution is 2.29. The normalized spacial score (nSPS) is 11.6. The van der Waals surface area contributed by atoms with Crippen LogP contribution >= 0.6 is 0 Å². The smallest absolute Gasteiger partial charge is 0.325 e. The molecule has 0 atom stereocenters. The molecule has 124 valence electrons. The zero-order chi connectivity index (χ0) is 17.3. The lowest BCUT2D eigenvalue weighted by molar-refractivity contribution is -0.137. The fourth-order valence-electron chi connectivity index (χ4n) is 2.35. The van der Waals surface area contributed by atoms with E-state index in [9.17, 15) is 22.8 Å². The molecule has 0 saturated heterocycles. The number of rotatable bonds is 3. The SMILES string of the molecule is O=C(Cn1c(=O)[nH]c2ccccc21)Nc1ccc(C(F)(F)F)cc1. The van der Waals surface area contributed by atoms with E-state index in [0.717, 1.165) is 12.1 Å². The maximum absolute atomic E-state index is 12.5. The Balaban J connectivity index is 1.76. The van der Waals surface area contributed by atoms with Gasteiger partial charge >= 0.3 is 11.9 Å². The number of carbonyl (C=O) groups is 1. The van der Waals surface area contributed by atoms with E-state index in [-0.39, 0.29) is 12.2 Å². The first-order chi connectivity index (χ1) is 11.3. The number of amides is 1. The highest BCUT2D eigenvalue weighted by Gasteiger charge is 2.29. The van der Waals surface area contributed by atoms with Gasteiger partial charge in [0.2, 0.25) is 5.91 Å². The third kappa shape index (κ3) is 3.17. The maximum atomic E-state index is 12.5. The number of hydrogen-bond acceptors (Lipinski definition) is 2. The summed E-state index contributed by atoms with van der Waals surface area (Å²) in [5, 5.41) is 2.47. The van der Waals surface area contributed by atoms with E-state index in [1.165, 1.54) is 16.7 Å². The second-order valence-corrected chi connectivity index (χ2v) is 5.16. The Morgan fingerprint density at radius 1 is 1.08 bits per heavy atom. The minimum atomic E-state index is -4.43. The van der Waals surface area contributed by atoms with Gasteiger partial charge in [0.05, 0.1) is 16.6 Å². The lowest BCUT2D eigenvalue weighted by Crippen LogP contribution is -2.25. The number of carbonyl (C=O) groups excluding carboxylic acids is 1. The number of aromatic amines is 1. The third-order valence-electron chi connectivity index (χ3n) is 3.48. The van der Waals surface area contributed by atoms with Crippen molar-refractivity contribution in [1.82, 2.24) is 9.55 Å². The van der Waals surface area contributed by atoms with Crippen molar-refractivity contribution in [2.45, 2.75) is 12.7 Å². The zero-order valence-electron chi connectivity index (χ0n) is 12.2. The third-order valence-corrected chi connectivity index (χ3v) is 3.48.